The van der Waals surface area contributed by atoms with Gasteiger partial charge in [0.2, 0.25) is 5.54 Å². The molecule has 1 aromatic carbocycles. The topological polar surface area (TPSA) is 146 Å². The fourth-order valence-electron chi connectivity index (χ4n) is 4.20. The Balaban J connectivity index is 2.48. The second kappa shape index (κ2) is 9.64. The molecule has 34 heavy (non-hydrogen) atoms. The number of carbonyl (C=O) groups excluding carboxylic acids is 5. The van der Waals surface area contributed by atoms with Crippen LogP contribution >= 0.6 is 0 Å². The summed E-state index contributed by atoms with van der Waals surface area (Å²) in [6.07, 6.45) is 0. The van der Waals surface area contributed by atoms with Crippen LogP contribution in [0, 0.1) is 0 Å². The number of nitrogens with one attached hydrogen (secondary N) is 2. The minimum atomic E-state index is -2.67. The standard InChI is InChI=1S/C23H26N2O9/c1-5-31-17(26)15-16(18(27)32-6-2)23(20(29)33-7-3,21(30)34-8-4)25-22(15)13-11-9-10-12-14(13)24-19(22)28/h9-12,25H,5-8H2,1-4H3,(H,24,28). The van der Waals surface area contributed by atoms with Crippen LogP contribution in [0.25, 0.3) is 0 Å². The quantitative estimate of drug-likeness (QED) is 0.314. The maximum atomic E-state index is 13.5. The van der Waals surface area contributed by atoms with Crippen molar-refractivity contribution in [2.24, 2.45) is 0 Å². The van der Waals surface area contributed by atoms with Crippen molar-refractivity contribution in [3.63, 3.8) is 0 Å². The lowest BCUT2D eigenvalue weighted by molar-refractivity contribution is -0.166. The summed E-state index contributed by atoms with van der Waals surface area (Å²) in [6, 6.07) is 6.35. The molecule has 1 spiro atoms. The highest BCUT2D eigenvalue weighted by atomic mass is 16.6. The Bertz CT molecular complexity index is 1060. The number of para-hydroxylation sites is 1. The Morgan fingerprint density at radius 2 is 1.26 bits per heavy atom. The highest BCUT2D eigenvalue weighted by Gasteiger charge is 2.72. The van der Waals surface area contributed by atoms with Crippen LogP contribution in [0.15, 0.2) is 35.4 Å². The first-order chi connectivity index (χ1) is 16.3. The van der Waals surface area contributed by atoms with Gasteiger partial charge in [-0.3, -0.25) is 10.1 Å². The van der Waals surface area contributed by atoms with Crippen LogP contribution in [0.3, 0.4) is 0 Å². The van der Waals surface area contributed by atoms with Gasteiger partial charge in [0.15, 0.2) is 5.54 Å². The first-order valence-corrected chi connectivity index (χ1v) is 10.9. The van der Waals surface area contributed by atoms with Crippen LogP contribution in [0.1, 0.15) is 33.3 Å². The second-order valence-corrected chi connectivity index (χ2v) is 7.26. The van der Waals surface area contributed by atoms with E-state index in [1.165, 1.54) is 33.8 Å². The van der Waals surface area contributed by atoms with E-state index in [0.29, 0.717) is 5.69 Å². The van der Waals surface area contributed by atoms with Gasteiger partial charge in [-0.05, 0) is 33.8 Å². The lowest BCUT2D eigenvalue weighted by atomic mass is 9.83. The number of ether oxygens (including phenoxy) is 4. The summed E-state index contributed by atoms with van der Waals surface area (Å²) in [6.45, 7) is 5.46. The van der Waals surface area contributed by atoms with Crippen LogP contribution in [0.2, 0.25) is 0 Å². The number of anilines is 1. The molecule has 1 atom stereocenters. The molecule has 1 unspecified atom stereocenters. The minimum Gasteiger partial charge on any atom is -0.464 e. The lowest BCUT2D eigenvalue weighted by Crippen LogP contribution is -2.64. The largest absolute Gasteiger partial charge is 0.464 e. The van der Waals surface area contributed by atoms with Crippen LogP contribution in [-0.4, -0.2) is 61.8 Å². The van der Waals surface area contributed by atoms with E-state index in [9.17, 15) is 24.0 Å². The van der Waals surface area contributed by atoms with Gasteiger partial charge in [-0.2, -0.15) is 0 Å². The van der Waals surface area contributed by atoms with E-state index >= 15 is 0 Å². The van der Waals surface area contributed by atoms with Crippen molar-refractivity contribution in [2.75, 3.05) is 31.7 Å². The van der Waals surface area contributed by atoms with Crippen molar-refractivity contribution in [1.82, 2.24) is 5.32 Å². The smallest absolute Gasteiger partial charge is 0.343 e. The van der Waals surface area contributed by atoms with Crippen molar-refractivity contribution in [3.05, 3.63) is 41.0 Å². The molecule has 0 saturated heterocycles. The number of esters is 4. The molecule has 2 N–H and O–H groups in total. The zero-order valence-corrected chi connectivity index (χ0v) is 19.3. The molecule has 0 aliphatic carbocycles. The average molecular weight is 474 g/mol. The van der Waals surface area contributed by atoms with Crippen LogP contribution in [0.4, 0.5) is 5.69 Å². The molecule has 11 heteroatoms. The Morgan fingerprint density at radius 1 is 0.765 bits per heavy atom. The molecule has 11 nitrogen and oxygen atoms in total. The van der Waals surface area contributed by atoms with Crippen molar-refractivity contribution < 1.29 is 42.9 Å². The van der Waals surface area contributed by atoms with E-state index in [4.69, 9.17) is 18.9 Å². The zero-order valence-electron chi connectivity index (χ0n) is 19.3. The van der Waals surface area contributed by atoms with Crippen molar-refractivity contribution in [3.8, 4) is 0 Å². The van der Waals surface area contributed by atoms with Gasteiger partial charge in [-0.1, -0.05) is 18.2 Å². The first kappa shape index (κ1) is 24.9. The molecule has 1 amide bonds. The summed E-state index contributed by atoms with van der Waals surface area (Å²) in [4.78, 5) is 66.8. The summed E-state index contributed by atoms with van der Waals surface area (Å²) in [5.41, 5.74) is -5.54. The van der Waals surface area contributed by atoms with Gasteiger partial charge in [-0.25, -0.2) is 19.2 Å². The monoisotopic (exact) mass is 474 g/mol. The van der Waals surface area contributed by atoms with Crippen molar-refractivity contribution in [2.45, 2.75) is 38.8 Å². The predicted molar refractivity (Wildman–Crippen MR) is 116 cm³/mol. The Kier molecular flexibility index (Phi) is 7.06. The van der Waals surface area contributed by atoms with E-state index in [-0.39, 0.29) is 32.0 Å². The van der Waals surface area contributed by atoms with Crippen molar-refractivity contribution >= 4 is 35.5 Å². The number of hydrogen-bond donors (Lipinski definition) is 2. The van der Waals surface area contributed by atoms with Crippen LogP contribution < -0.4 is 10.6 Å². The highest BCUT2D eigenvalue weighted by Crippen LogP contribution is 2.50. The van der Waals surface area contributed by atoms with Gasteiger partial charge < -0.3 is 24.3 Å². The Labute approximate surface area is 195 Å². The molecular formula is C23H26N2O9. The number of carbonyl (C=O) groups is 5. The van der Waals surface area contributed by atoms with Gasteiger partial charge in [0.1, 0.15) is 0 Å². The molecule has 0 radical (unpaired) electrons. The van der Waals surface area contributed by atoms with Gasteiger partial charge in [-0.15, -0.1) is 0 Å². The number of benzene rings is 1. The fraction of sp³-hybridized carbons (Fsp3) is 0.435. The SMILES string of the molecule is CCOC(=O)C1=C(C(=O)OCC)C2(NC1(C(=O)OCC)C(=O)OCC)C(=O)Nc1ccccc12. The summed E-state index contributed by atoms with van der Waals surface area (Å²) < 4.78 is 20.6. The molecule has 2 aliphatic rings. The van der Waals surface area contributed by atoms with Crippen LogP contribution in [0.5, 0.6) is 0 Å². The predicted octanol–water partition coefficient (Wildman–Crippen LogP) is 0.725. The van der Waals surface area contributed by atoms with Gasteiger partial charge in [0.05, 0.1) is 37.6 Å². The molecule has 0 bridgehead atoms. The summed E-state index contributed by atoms with van der Waals surface area (Å²) >= 11 is 0. The maximum Gasteiger partial charge on any atom is 0.343 e. The van der Waals surface area contributed by atoms with Crippen LogP contribution in [-0.2, 0) is 48.5 Å². The summed E-state index contributed by atoms with van der Waals surface area (Å²) in [7, 11) is 0. The lowest BCUT2D eigenvalue weighted by Gasteiger charge is -2.31. The molecule has 0 aromatic heterocycles. The highest BCUT2D eigenvalue weighted by molar-refractivity contribution is 6.26. The summed E-state index contributed by atoms with van der Waals surface area (Å²) in [5.74, 6) is -5.51. The third kappa shape index (κ3) is 3.52. The Hall–Kier alpha value is -3.73. The first-order valence-electron chi connectivity index (χ1n) is 10.9. The molecule has 2 heterocycles. The molecule has 2 aliphatic heterocycles. The van der Waals surface area contributed by atoms with E-state index < -0.39 is 52.0 Å². The minimum absolute atomic E-state index is 0.108. The van der Waals surface area contributed by atoms with Gasteiger partial charge >= 0.3 is 23.9 Å². The number of amides is 1. The van der Waals surface area contributed by atoms with Crippen molar-refractivity contribution in [1.29, 1.82) is 0 Å². The van der Waals surface area contributed by atoms with E-state index in [1.807, 2.05) is 0 Å². The fourth-order valence-corrected chi connectivity index (χ4v) is 4.20. The summed E-state index contributed by atoms with van der Waals surface area (Å²) in [5, 5.41) is 5.33. The number of hydrogen-bond acceptors (Lipinski definition) is 10. The second-order valence-electron chi connectivity index (χ2n) is 7.26. The zero-order chi connectivity index (χ0) is 25.1. The molecule has 3 rings (SSSR count). The normalized spacial score (nSPS) is 19.9. The third-order valence-electron chi connectivity index (χ3n) is 5.42. The molecule has 1 aromatic rings. The molecule has 0 fully saturated rings. The number of fused-ring (bicyclic) bond motifs is 2. The van der Waals surface area contributed by atoms with E-state index in [2.05, 4.69) is 10.6 Å². The maximum absolute atomic E-state index is 13.5. The molecule has 0 saturated carbocycles. The van der Waals surface area contributed by atoms with Gasteiger partial charge in [0.25, 0.3) is 5.91 Å². The number of rotatable bonds is 8. The molecule has 182 valence electrons. The van der Waals surface area contributed by atoms with Gasteiger partial charge in [0, 0.05) is 11.3 Å². The Morgan fingerprint density at radius 3 is 1.79 bits per heavy atom. The van der Waals surface area contributed by atoms with E-state index in [1.54, 1.807) is 18.2 Å². The molecular weight excluding hydrogens is 448 g/mol. The van der Waals surface area contributed by atoms with E-state index in [0.717, 1.165) is 0 Å². The average Bonchev–Trinajstić information content (AvgIpc) is 3.28. The third-order valence-corrected chi connectivity index (χ3v) is 5.42.